The van der Waals surface area contributed by atoms with Crippen LogP contribution in [0.4, 0.5) is 0 Å². The standard InChI is InChI=1S/C38H55N3O8/c1-7-10-15-22-40(21-9-3)36(45)34-38-20-19-29(49-38)31(32(38)35(44)41(34)28(23-42)25(4)5)37(46)48-33(26-16-13-12-14-17-26)27(24-47-6)39-30(43)18-11-8-2/h8-9,12-14,16-17,25,27-29,31-34,42H,2-3,7,10-11,15,18-24H2,1,4-6H3,(H,39,43)/t27-,28+,29-,31+,32+,33-,34-,38+/m1/s1. The number of unbranched alkanes of at least 4 members (excludes halogenated alkanes) is 2. The molecule has 3 heterocycles. The van der Waals surface area contributed by atoms with Crippen molar-refractivity contribution in [3.05, 3.63) is 61.2 Å². The quantitative estimate of drug-likeness (QED) is 0.120. The van der Waals surface area contributed by atoms with Crippen molar-refractivity contribution in [1.82, 2.24) is 15.1 Å². The van der Waals surface area contributed by atoms with E-state index in [1.165, 1.54) is 12.0 Å². The second-order valence-electron chi connectivity index (χ2n) is 13.8. The summed E-state index contributed by atoms with van der Waals surface area (Å²) >= 11 is 0. The fourth-order valence-corrected chi connectivity index (χ4v) is 7.91. The number of amides is 3. The molecule has 1 aromatic rings. The number of nitrogens with one attached hydrogen (secondary N) is 1. The van der Waals surface area contributed by atoms with Crippen LogP contribution in [0.2, 0.25) is 0 Å². The van der Waals surface area contributed by atoms with Crippen LogP contribution < -0.4 is 5.32 Å². The Morgan fingerprint density at radius 1 is 1.18 bits per heavy atom. The minimum absolute atomic E-state index is 0.0671. The molecule has 0 unspecified atom stereocenters. The van der Waals surface area contributed by atoms with Gasteiger partial charge in [-0.3, -0.25) is 19.2 Å². The number of benzene rings is 1. The Labute approximate surface area is 291 Å². The molecule has 1 spiro atoms. The van der Waals surface area contributed by atoms with E-state index in [9.17, 15) is 24.3 Å². The first-order valence-electron chi connectivity index (χ1n) is 17.7. The fraction of sp³-hybridized carbons (Fsp3) is 0.632. The van der Waals surface area contributed by atoms with Gasteiger partial charge in [0, 0.05) is 26.6 Å². The van der Waals surface area contributed by atoms with Gasteiger partial charge < -0.3 is 34.4 Å². The number of aliphatic hydroxyl groups is 1. The topological polar surface area (TPSA) is 135 Å². The van der Waals surface area contributed by atoms with E-state index in [2.05, 4.69) is 25.4 Å². The van der Waals surface area contributed by atoms with Gasteiger partial charge in [-0.2, -0.15) is 0 Å². The third-order valence-corrected chi connectivity index (χ3v) is 10.3. The second kappa shape index (κ2) is 17.4. The summed E-state index contributed by atoms with van der Waals surface area (Å²) in [5.74, 6) is -3.64. The summed E-state index contributed by atoms with van der Waals surface area (Å²) in [7, 11) is 1.51. The van der Waals surface area contributed by atoms with Gasteiger partial charge in [-0.25, -0.2) is 0 Å². The molecule has 3 saturated heterocycles. The molecule has 3 aliphatic rings. The van der Waals surface area contributed by atoms with Gasteiger partial charge >= 0.3 is 5.97 Å². The molecule has 11 nitrogen and oxygen atoms in total. The minimum Gasteiger partial charge on any atom is -0.455 e. The van der Waals surface area contributed by atoms with E-state index in [-0.39, 0.29) is 43.3 Å². The number of likely N-dealkylation sites (tertiary alicyclic amines) is 1. The highest BCUT2D eigenvalue weighted by Crippen LogP contribution is 2.59. The predicted octanol–water partition coefficient (Wildman–Crippen LogP) is 3.96. The van der Waals surface area contributed by atoms with E-state index >= 15 is 0 Å². The van der Waals surface area contributed by atoms with E-state index in [0.29, 0.717) is 37.9 Å². The van der Waals surface area contributed by atoms with Gasteiger partial charge in [-0.1, -0.05) is 76.1 Å². The summed E-state index contributed by atoms with van der Waals surface area (Å²) in [4.78, 5) is 59.7. The van der Waals surface area contributed by atoms with Crippen molar-refractivity contribution in [2.24, 2.45) is 17.8 Å². The number of hydrogen-bond acceptors (Lipinski definition) is 8. The molecule has 0 radical (unpaired) electrons. The Morgan fingerprint density at radius 2 is 1.92 bits per heavy atom. The zero-order valence-corrected chi connectivity index (χ0v) is 29.6. The second-order valence-corrected chi connectivity index (χ2v) is 13.8. The number of aliphatic hydroxyl groups excluding tert-OH is 1. The first-order valence-corrected chi connectivity index (χ1v) is 17.7. The third-order valence-electron chi connectivity index (χ3n) is 10.3. The van der Waals surface area contributed by atoms with Crippen LogP contribution in [-0.4, -0.2) is 102 Å². The molecule has 11 heteroatoms. The van der Waals surface area contributed by atoms with E-state index < -0.39 is 53.7 Å². The van der Waals surface area contributed by atoms with Gasteiger partial charge in [-0.05, 0) is 37.2 Å². The number of hydrogen-bond donors (Lipinski definition) is 2. The summed E-state index contributed by atoms with van der Waals surface area (Å²) in [5.41, 5.74) is -0.595. The lowest BCUT2D eigenvalue weighted by atomic mass is 9.70. The van der Waals surface area contributed by atoms with Crippen molar-refractivity contribution in [1.29, 1.82) is 0 Å². The summed E-state index contributed by atoms with van der Waals surface area (Å²) < 4.78 is 18.4. The average molecular weight is 682 g/mol. The number of methoxy groups -OCH3 is 1. The zero-order chi connectivity index (χ0) is 35.7. The van der Waals surface area contributed by atoms with Gasteiger partial charge in [0.2, 0.25) is 17.7 Å². The molecular formula is C38H55N3O8. The first-order chi connectivity index (χ1) is 23.6. The highest BCUT2D eigenvalue weighted by Gasteiger charge is 2.76. The smallest absolute Gasteiger partial charge is 0.313 e. The highest BCUT2D eigenvalue weighted by molar-refractivity contribution is 5.98. The lowest BCUT2D eigenvalue weighted by Gasteiger charge is -2.40. The molecule has 8 atom stereocenters. The monoisotopic (exact) mass is 681 g/mol. The van der Waals surface area contributed by atoms with E-state index in [4.69, 9.17) is 14.2 Å². The third kappa shape index (κ3) is 7.94. The average Bonchev–Trinajstić information content (AvgIpc) is 3.73. The number of ether oxygens (including phenoxy) is 3. The van der Waals surface area contributed by atoms with E-state index in [0.717, 1.165) is 19.3 Å². The van der Waals surface area contributed by atoms with Crippen LogP contribution in [0.5, 0.6) is 0 Å². The molecule has 270 valence electrons. The van der Waals surface area contributed by atoms with Crippen LogP contribution >= 0.6 is 0 Å². The first kappa shape index (κ1) is 38.3. The van der Waals surface area contributed by atoms with Crippen molar-refractivity contribution >= 4 is 23.7 Å². The maximum atomic E-state index is 14.6. The molecule has 3 amide bonds. The number of allylic oxidation sites excluding steroid dienone is 1. The SMILES string of the molecule is C=CCCC(=O)N[C@H](COC)[C@H](OC(=O)[C@@H]1[C@H]2C(=O)N([C@@H](CO)C(C)C)[C@H](C(=O)N(CC=C)CCCCC)[C@]23CC[C@H]1O3)c1ccccc1. The van der Waals surface area contributed by atoms with Gasteiger partial charge in [-0.15, -0.1) is 13.2 Å². The number of carbonyl (C=O) groups is 4. The van der Waals surface area contributed by atoms with Crippen molar-refractivity contribution in [3.8, 4) is 0 Å². The van der Waals surface area contributed by atoms with E-state index in [1.54, 1.807) is 17.1 Å². The van der Waals surface area contributed by atoms with Crippen LogP contribution in [0.3, 0.4) is 0 Å². The van der Waals surface area contributed by atoms with Crippen LogP contribution in [-0.2, 0) is 33.4 Å². The Hall–Kier alpha value is -3.54. The zero-order valence-electron chi connectivity index (χ0n) is 29.6. The highest BCUT2D eigenvalue weighted by atomic mass is 16.6. The summed E-state index contributed by atoms with van der Waals surface area (Å²) in [6.07, 6.45) is 6.10. The maximum absolute atomic E-state index is 14.6. The molecule has 2 N–H and O–H groups in total. The molecular weight excluding hydrogens is 626 g/mol. The molecule has 49 heavy (non-hydrogen) atoms. The van der Waals surface area contributed by atoms with E-state index in [1.807, 2.05) is 44.2 Å². The van der Waals surface area contributed by atoms with Crippen molar-refractivity contribution < 1.29 is 38.5 Å². The Bertz CT molecular complexity index is 1320. The number of rotatable bonds is 20. The largest absolute Gasteiger partial charge is 0.455 e. The van der Waals surface area contributed by atoms with Crippen LogP contribution in [0, 0.1) is 17.8 Å². The van der Waals surface area contributed by atoms with Crippen LogP contribution in [0.15, 0.2) is 55.6 Å². The summed E-state index contributed by atoms with van der Waals surface area (Å²) in [6, 6.07) is 6.72. The summed E-state index contributed by atoms with van der Waals surface area (Å²) in [6.45, 7) is 14.0. The Balaban J connectivity index is 1.72. The maximum Gasteiger partial charge on any atom is 0.313 e. The predicted molar refractivity (Wildman–Crippen MR) is 185 cm³/mol. The number of esters is 1. The normalized spacial score (nSPS) is 25.8. The molecule has 3 aliphatic heterocycles. The lowest BCUT2D eigenvalue weighted by Crippen LogP contribution is -2.59. The minimum atomic E-state index is -1.25. The Kier molecular flexibility index (Phi) is 13.6. The number of fused-ring (bicyclic) bond motifs is 1. The van der Waals surface area contributed by atoms with Gasteiger partial charge in [0.05, 0.1) is 43.2 Å². The number of nitrogens with zero attached hydrogens (tertiary/aromatic N) is 2. The molecule has 1 aromatic carbocycles. The summed E-state index contributed by atoms with van der Waals surface area (Å²) in [5, 5.41) is 13.5. The van der Waals surface area contributed by atoms with Crippen LogP contribution in [0.1, 0.15) is 77.4 Å². The fourth-order valence-electron chi connectivity index (χ4n) is 7.91. The lowest BCUT2D eigenvalue weighted by molar-refractivity contribution is -0.164. The van der Waals surface area contributed by atoms with Crippen molar-refractivity contribution in [2.45, 2.75) is 102 Å². The van der Waals surface area contributed by atoms with Gasteiger partial charge in [0.25, 0.3) is 0 Å². The van der Waals surface area contributed by atoms with Gasteiger partial charge in [0.15, 0.2) is 0 Å². The van der Waals surface area contributed by atoms with Crippen LogP contribution in [0.25, 0.3) is 0 Å². The molecule has 0 saturated carbocycles. The Morgan fingerprint density at radius 3 is 2.53 bits per heavy atom. The molecule has 3 fully saturated rings. The number of carbonyl (C=O) groups excluding carboxylic acids is 4. The van der Waals surface area contributed by atoms with Gasteiger partial charge in [0.1, 0.15) is 17.7 Å². The molecule has 0 aliphatic carbocycles. The van der Waals surface area contributed by atoms with Crippen molar-refractivity contribution in [2.75, 3.05) is 33.4 Å². The molecule has 0 aromatic heterocycles. The van der Waals surface area contributed by atoms with Crippen molar-refractivity contribution in [3.63, 3.8) is 0 Å². The molecule has 4 rings (SSSR count). The molecule has 2 bridgehead atoms.